The standard InChI is InChI=1S/C51H57BrN11O6P/c1-69-42-27-41(34(30-5-6-30)26-39(42)57-50-55-28-36(52)46(59-50)56-38-10-9-37-44(54-19-18-53-37)45(38)70(2,3)68)61-21-13-31(14-22-61)60-23-16-51(17-24-60)15-4-20-62(29-51)32-7-8-33-35(25-32)49(67)63(48(33)66)40-11-12-43(64)58-47(40)65/h7-10,18-19,25-28,30-31,40H,4-6,11-17,20-24,29H2,1-3H3,(H,58,64,65)(H2,55,56,57,59). The van der Waals surface area contributed by atoms with Gasteiger partial charge in [-0.05, 0) is 153 Å². The molecule has 5 aliphatic heterocycles. The molecule has 70 heavy (non-hydrogen) atoms. The van der Waals surface area contributed by atoms with Crippen molar-refractivity contribution in [3.63, 3.8) is 0 Å². The second-order valence-electron chi connectivity index (χ2n) is 20.2. The van der Waals surface area contributed by atoms with E-state index in [-0.39, 0.29) is 24.2 Å². The number of hydrogen-bond acceptors (Lipinski definition) is 15. The van der Waals surface area contributed by atoms with Crippen LogP contribution in [0.4, 0.5) is 34.5 Å². The number of rotatable bonds is 11. The lowest BCUT2D eigenvalue weighted by atomic mass is 9.72. The molecule has 5 aromatic rings. The predicted molar refractivity (Wildman–Crippen MR) is 273 cm³/mol. The van der Waals surface area contributed by atoms with Crippen LogP contribution in [0.15, 0.2) is 65.5 Å². The Labute approximate surface area is 415 Å². The minimum atomic E-state index is -2.79. The van der Waals surface area contributed by atoms with Crippen LogP contribution in [0.2, 0.25) is 0 Å². The van der Waals surface area contributed by atoms with Gasteiger partial charge in [0.05, 0.1) is 44.9 Å². The van der Waals surface area contributed by atoms with Gasteiger partial charge in [0.2, 0.25) is 17.8 Å². The molecule has 7 heterocycles. The van der Waals surface area contributed by atoms with Crippen molar-refractivity contribution in [1.29, 1.82) is 0 Å². The van der Waals surface area contributed by atoms with Crippen LogP contribution in [0, 0.1) is 5.41 Å². The highest BCUT2D eigenvalue weighted by Gasteiger charge is 2.46. The summed E-state index contributed by atoms with van der Waals surface area (Å²) in [4.78, 5) is 78.5. The maximum atomic E-state index is 13.6. The Balaban J connectivity index is 0.731. The number of nitrogens with zero attached hydrogens (tertiary/aromatic N) is 8. The first-order chi connectivity index (χ1) is 33.8. The van der Waals surface area contributed by atoms with Crippen LogP contribution in [0.5, 0.6) is 5.75 Å². The summed E-state index contributed by atoms with van der Waals surface area (Å²) in [7, 11) is -1.09. The third-order valence-electron chi connectivity index (χ3n) is 15.4. The molecule has 2 aromatic heterocycles. The van der Waals surface area contributed by atoms with E-state index in [1.165, 1.54) is 17.7 Å². The predicted octanol–water partition coefficient (Wildman–Crippen LogP) is 7.56. The van der Waals surface area contributed by atoms with Gasteiger partial charge in [0.15, 0.2) is 0 Å². The van der Waals surface area contributed by atoms with Crippen molar-refractivity contribution in [2.24, 2.45) is 5.41 Å². The van der Waals surface area contributed by atoms with E-state index in [2.05, 4.69) is 73.7 Å². The van der Waals surface area contributed by atoms with Crippen LogP contribution in [-0.4, -0.2) is 125 Å². The van der Waals surface area contributed by atoms with Crippen molar-refractivity contribution in [2.45, 2.75) is 82.2 Å². The molecule has 3 N–H and O–H groups in total. The number of piperidine rings is 4. The van der Waals surface area contributed by atoms with Gasteiger partial charge in [0, 0.05) is 74.7 Å². The molecule has 1 atom stereocenters. The van der Waals surface area contributed by atoms with E-state index >= 15 is 0 Å². The van der Waals surface area contributed by atoms with Gasteiger partial charge in [-0.25, -0.2) is 4.98 Å². The summed E-state index contributed by atoms with van der Waals surface area (Å²) in [5, 5.41) is 9.75. The van der Waals surface area contributed by atoms with E-state index in [9.17, 15) is 23.7 Å². The Morgan fingerprint density at radius 1 is 0.814 bits per heavy atom. The molecule has 1 saturated carbocycles. The molecular weight excluding hydrogens is 974 g/mol. The molecule has 4 amide bonds. The van der Waals surface area contributed by atoms with Crippen molar-refractivity contribution in [1.82, 2.24) is 35.1 Å². The van der Waals surface area contributed by atoms with Crippen LogP contribution in [-0.2, 0) is 14.2 Å². The van der Waals surface area contributed by atoms with E-state index in [0.29, 0.717) is 67.1 Å². The number of aromatic nitrogens is 4. The molecule has 19 heteroatoms. The molecule has 3 aromatic carbocycles. The first-order valence-corrected chi connectivity index (χ1v) is 27.8. The van der Waals surface area contributed by atoms with Crippen LogP contribution in [0.3, 0.4) is 0 Å². The number of carbonyl (C=O) groups excluding carboxylic acids is 4. The minimum absolute atomic E-state index is 0.0948. The highest BCUT2D eigenvalue weighted by Crippen LogP contribution is 2.49. The summed E-state index contributed by atoms with van der Waals surface area (Å²) in [6.45, 7) is 9.30. The number of likely N-dealkylation sites (tertiary alicyclic amines) is 1. The number of benzene rings is 3. The van der Waals surface area contributed by atoms with Gasteiger partial charge in [0.25, 0.3) is 11.8 Å². The number of imide groups is 2. The van der Waals surface area contributed by atoms with Gasteiger partial charge in [-0.3, -0.25) is 39.4 Å². The minimum Gasteiger partial charge on any atom is -0.494 e. The molecule has 0 bridgehead atoms. The molecule has 1 aliphatic carbocycles. The normalized spacial score (nSPS) is 21.1. The summed E-state index contributed by atoms with van der Waals surface area (Å²) < 4.78 is 20.3. The molecule has 6 aliphatic rings. The van der Waals surface area contributed by atoms with Crippen LogP contribution >= 0.6 is 23.1 Å². The number of anilines is 6. The lowest BCUT2D eigenvalue weighted by molar-refractivity contribution is -0.136. The fraction of sp³-hybridized carbons (Fsp3) is 0.451. The lowest BCUT2D eigenvalue weighted by Crippen LogP contribution is -2.54. The van der Waals surface area contributed by atoms with Gasteiger partial charge in [-0.1, -0.05) is 0 Å². The summed E-state index contributed by atoms with van der Waals surface area (Å²) in [5.41, 5.74) is 7.02. The largest absolute Gasteiger partial charge is 0.494 e. The summed E-state index contributed by atoms with van der Waals surface area (Å²) >= 11 is 3.62. The number of hydrogen-bond donors (Lipinski definition) is 3. The van der Waals surface area contributed by atoms with Crippen molar-refractivity contribution < 1.29 is 28.5 Å². The Morgan fingerprint density at radius 3 is 2.33 bits per heavy atom. The fourth-order valence-electron chi connectivity index (χ4n) is 11.6. The zero-order chi connectivity index (χ0) is 48.5. The maximum absolute atomic E-state index is 13.6. The second-order valence-corrected chi connectivity index (χ2v) is 24.2. The van der Waals surface area contributed by atoms with Gasteiger partial charge in [-0.2, -0.15) is 4.98 Å². The molecule has 1 unspecified atom stereocenters. The second kappa shape index (κ2) is 18.3. The summed E-state index contributed by atoms with van der Waals surface area (Å²) in [6, 6.07) is 13.2. The first-order valence-electron chi connectivity index (χ1n) is 24.4. The highest BCUT2D eigenvalue weighted by molar-refractivity contribution is 9.10. The average molecular weight is 1030 g/mol. The van der Waals surface area contributed by atoms with Crippen molar-refractivity contribution in [3.05, 3.63) is 82.2 Å². The zero-order valence-electron chi connectivity index (χ0n) is 39.7. The molecule has 1 spiro atoms. The first kappa shape index (κ1) is 46.4. The number of methoxy groups -OCH3 is 1. The third kappa shape index (κ3) is 8.80. The zero-order valence-corrected chi connectivity index (χ0v) is 42.2. The fourth-order valence-corrected chi connectivity index (χ4v) is 13.3. The van der Waals surface area contributed by atoms with Gasteiger partial charge >= 0.3 is 0 Å². The number of nitrogens with one attached hydrogen (secondary N) is 3. The molecule has 0 radical (unpaired) electrons. The number of halogens is 1. The van der Waals surface area contributed by atoms with Gasteiger partial charge in [0.1, 0.15) is 30.3 Å². The maximum Gasteiger partial charge on any atom is 0.262 e. The van der Waals surface area contributed by atoms with E-state index in [1.807, 2.05) is 24.3 Å². The SMILES string of the molecule is COc1cc(N2CCC(N3CCC4(CCCN(c5ccc6c(c5)C(=O)N(C5CCC(=O)NC5=O)C6=O)C4)CC3)CC2)c(C2CC2)cc1Nc1ncc(Br)c(Nc2ccc3nccnc3c2P(C)(C)=O)n1. The lowest BCUT2D eigenvalue weighted by Gasteiger charge is -2.50. The van der Waals surface area contributed by atoms with E-state index in [4.69, 9.17) is 9.72 Å². The van der Waals surface area contributed by atoms with Crippen LogP contribution in [0.25, 0.3) is 11.0 Å². The molecule has 4 saturated heterocycles. The van der Waals surface area contributed by atoms with Gasteiger partial charge < -0.3 is 34.6 Å². The Hall–Kier alpha value is -5.97. The highest BCUT2D eigenvalue weighted by atomic mass is 79.9. The Kier molecular flexibility index (Phi) is 12.2. The third-order valence-corrected chi connectivity index (χ3v) is 17.5. The smallest absolute Gasteiger partial charge is 0.262 e. The summed E-state index contributed by atoms with van der Waals surface area (Å²) in [5.74, 6) is 0.175. The number of ether oxygens (including phenoxy) is 1. The van der Waals surface area contributed by atoms with Gasteiger partial charge in [-0.15, -0.1) is 0 Å². The van der Waals surface area contributed by atoms with Crippen LogP contribution < -0.4 is 35.8 Å². The molecule has 364 valence electrons. The van der Waals surface area contributed by atoms with Crippen LogP contribution in [0.1, 0.15) is 96.4 Å². The molecular formula is C51H57BrN11O6P. The van der Waals surface area contributed by atoms with Crippen molar-refractivity contribution in [3.8, 4) is 5.75 Å². The van der Waals surface area contributed by atoms with Crippen molar-refractivity contribution >= 4 is 97.6 Å². The van der Waals surface area contributed by atoms with Crippen molar-refractivity contribution in [2.75, 3.05) is 80.1 Å². The van der Waals surface area contributed by atoms with E-state index < -0.39 is 30.9 Å². The monoisotopic (exact) mass is 1030 g/mol. The molecule has 17 nitrogen and oxygen atoms in total. The Morgan fingerprint density at radius 2 is 1.59 bits per heavy atom. The molecule has 5 fully saturated rings. The van der Waals surface area contributed by atoms with E-state index in [1.54, 1.807) is 45.1 Å². The number of fused-ring (bicyclic) bond motifs is 2. The average Bonchev–Trinajstić information content (AvgIpc) is 4.18. The number of carbonyl (C=O) groups is 4. The summed E-state index contributed by atoms with van der Waals surface area (Å²) in [6.07, 6.45) is 14.1. The van der Waals surface area contributed by atoms with E-state index in [0.717, 1.165) is 100 Å². The number of amides is 4. The Bertz CT molecular complexity index is 3000. The topological polar surface area (TPSA) is 195 Å². The quantitative estimate of drug-likeness (QED) is 0.0866. The molecule has 11 rings (SSSR count).